The Morgan fingerprint density at radius 1 is 1.21 bits per heavy atom. The summed E-state index contributed by atoms with van der Waals surface area (Å²) in [6.45, 7) is 0.871. The lowest BCUT2D eigenvalue weighted by atomic mass is 9.86. The molecule has 1 fully saturated rings. The van der Waals surface area contributed by atoms with Crippen molar-refractivity contribution in [3.63, 3.8) is 0 Å². The number of nitrogens with zero attached hydrogens (tertiary/aromatic N) is 3. The summed E-state index contributed by atoms with van der Waals surface area (Å²) >= 11 is 0. The highest BCUT2D eigenvalue weighted by Gasteiger charge is 2.23. The minimum absolute atomic E-state index is 0.0217. The molecule has 0 saturated heterocycles. The molecule has 0 unspecified atom stereocenters. The number of amides is 1. The van der Waals surface area contributed by atoms with Crippen LogP contribution >= 0.6 is 0 Å². The van der Waals surface area contributed by atoms with Crippen molar-refractivity contribution in [2.24, 2.45) is 13.0 Å². The number of fused-ring (bicyclic) bond motifs is 2. The second-order valence-electron chi connectivity index (χ2n) is 8.79. The first kappa shape index (κ1) is 22.3. The molecule has 1 aliphatic heterocycles. The molecule has 178 valence electrons. The van der Waals surface area contributed by atoms with Gasteiger partial charge in [-0.05, 0) is 49.8 Å². The molecule has 2 N–H and O–H groups in total. The van der Waals surface area contributed by atoms with Gasteiger partial charge in [-0.2, -0.15) is 0 Å². The van der Waals surface area contributed by atoms with Gasteiger partial charge in [0.15, 0.2) is 29.7 Å². The van der Waals surface area contributed by atoms with Crippen molar-refractivity contribution < 1.29 is 18.7 Å². The highest BCUT2D eigenvalue weighted by Crippen LogP contribution is 2.31. The van der Waals surface area contributed by atoms with Crippen molar-refractivity contribution in [2.75, 3.05) is 18.5 Å². The summed E-state index contributed by atoms with van der Waals surface area (Å²) in [4.78, 5) is 32.2. The Labute approximate surface area is 195 Å². The maximum absolute atomic E-state index is 14.5. The minimum Gasteiger partial charge on any atom is -0.488 e. The number of ether oxygens (including phenoxy) is 2. The van der Waals surface area contributed by atoms with Crippen molar-refractivity contribution in [1.82, 2.24) is 19.9 Å². The summed E-state index contributed by atoms with van der Waals surface area (Å²) in [6, 6.07) is 6.51. The van der Waals surface area contributed by atoms with Crippen molar-refractivity contribution in [3.05, 3.63) is 52.5 Å². The van der Waals surface area contributed by atoms with Crippen LogP contribution in [0.15, 0.2) is 35.3 Å². The minimum atomic E-state index is -0.462. The van der Waals surface area contributed by atoms with Crippen molar-refractivity contribution in [3.8, 4) is 11.5 Å². The Bertz CT molecular complexity index is 1290. The number of carbonyl (C=O) groups excluding carboxylic acids is 1. The van der Waals surface area contributed by atoms with Crippen LogP contribution in [0.3, 0.4) is 0 Å². The van der Waals surface area contributed by atoms with Gasteiger partial charge in [-0.1, -0.05) is 0 Å². The number of aryl methyl sites for hydroxylation is 1. The van der Waals surface area contributed by atoms with Gasteiger partial charge in [-0.3, -0.25) is 9.59 Å². The fourth-order valence-electron chi connectivity index (χ4n) is 4.53. The third kappa shape index (κ3) is 4.58. The summed E-state index contributed by atoms with van der Waals surface area (Å²) in [5.74, 6) is 1.23. The number of anilines is 1. The molecular weight excluding hydrogens is 441 g/mol. The average molecular weight is 468 g/mol. The summed E-state index contributed by atoms with van der Waals surface area (Å²) in [5.41, 5.74) is 0.279. The number of halogens is 1. The number of hydrogen-bond donors (Lipinski definition) is 2. The van der Waals surface area contributed by atoms with Gasteiger partial charge in [-0.25, -0.2) is 14.4 Å². The first-order valence-corrected chi connectivity index (χ1v) is 11.4. The SMILES string of the molecule is Cn1c(=O)ccc2ccc(F)c(OCC3CCC(NCc4ncc5c(n4)NC(=O)CO5)CC3)c21. The normalized spacial score (nSPS) is 19.9. The van der Waals surface area contributed by atoms with E-state index in [4.69, 9.17) is 9.47 Å². The van der Waals surface area contributed by atoms with Gasteiger partial charge in [0, 0.05) is 24.5 Å². The lowest BCUT2D eigenvalue weighted by Crippen LogP contribution is -2.34. The Kier molecular flexibility index (Phi) is 6.14. The zero-order chi connectivity index (χ0) is 23.7. The van der Waals surface area contributed by atoms with E-state index < -0.39 is 5.82 Å². The summed E-state index contributed by atoms with van der Waals surface area (Å²) in [6.07, 6.45) is 5.37. The largest absolute Gasteiger partial charge is 0.488 e. The van der Waals surface area contributed by atoms with Gasteiger partial charge in [0.05, 0.1) is 24.9 Å². The number of rotatable bonds is 6. The van der Waals surface area contributed by atoms with E-state index in [9.17, 15) is 14.0 Å². The fraction of sp³-hybridized carbons (Fsp3) is 0.417. The van der Waals surface area contributed by atoms with Gasteiger partial charge >= 0.3 is 0 Å². The quantitative estimate of drug-likeness (QED) is 0.574. The van der Waals surface area contributed by atoms with Crippen molar-refractivity contribution in [1.29, 1.82) is 0 Å². The summed E-state index contributed by atoms with van der Waals surface area (Å²) in [5, 5.41) is 6.94. The predicted molar refractivity (Wildman–Crippen MR) is 123 cm³/mol. The van der Waals surface area contributed by atoms with Crippen LogP contribution in [0, 0.1) is 11.7 Å². The molecule has 0 bridgehead atoms. The molecule has 1 amide bonds. The maximum Gasteiger partial charge on any atom is 0.263 e. The molecule has 5 rings (SSSR count). The molecule has 1 aliphatic carbocycles. The van der Waals surface area contributed by atoms with Crippen LogP contribution in [0.5, 0.6) is 11.5 Å². The molecule has 0 radical (unpaired) electrons. The first-order valence-electron chi connectivity index (χ1n) is 11.4. The van der Waals surface area contributed by atoms with Crippen molar-refractivity contribution in [2.45, 2.75) is 38.3 Å². The lowest BCUT2D eigenvalue weighted by molar-refractivity contribution is -0.118. The molecule has 2 aromatic heterocycles. The molecular formula is C24H26FN5O4. The zero-order valence-corrected chi connectivity index (χ0v) is 18.8. The Balaban J connectivity index is 1.15. The van der Waals surface area contributed by atoms with E-state index in [0.717, 1.165) is 31.1 Å². The predicted octanol–water partition coefficient (Wildman–Crippen LogP) is 2.53. The number of nitrogens with one attached hydrogen (secondary N) is 2. The second kappa shape index (κ2) is 9.38. The smallest absolute Gasteiger partial charge is 0.263 e. The Hall–Kier alpha value is -3.53. The number of carbonyl (C=O) groups is 1. The average Bonchev–Trinajstić information content (AvgIpc) is 2.85. The fourth-order valence-corrected chi connectivity index (χ4v) is 4.53. The third-order valence-corrected chi connectivity index (χ3v) is 6.47. The summed E-state index contributed by atoms with van der Waals surface area (Å²) < 4.78 is 27.2. The third-order valence-electron chi connectivity index (χ3n) is 6.47. The topological polar surface area (TPSA) is 107 Å². The molecule has 10 heteroatoms. The molecule has 9 nitrogen and oxygen atoms in total. The first-order chi connectivity index (χ1) is 16.5. The lowest BCUT2D eigenvalue weighted by Gasteiger charge is -2.29. The van der Waals surface area contributed by atoms with Gasteiger partial charge in [0.25, 0.3) is 11.5 Å². The highest BCUT2D eigenvalue weighted by atomic mass is 19.1. The number of pyridine rings is 1. The molecule has 34 heavy (non-hydrogen) atoms. The zero-order valence-electron chi connectivity index (χ0n) is 18.8. The molecule has 2 aliphatic rings. The standard InChI is InChI=1S/C24H26FN5O4/c1-30-21(32)9-5-15-4-8-17(25)23(22(15)30)34-12-14-2-6-16(7-3-14)26-11-19-27-10-18-24(28-19)29-20(31)13-33-18/h4-5,8-10,14,16,26H,2-3,6-7,11-13H2,1H3,(H,27,28,29,31). The van der Waals surface area contributed by atoms with Crippen LogP contribution in [0.1, 0.15) is 31.5 Å². The van der Waals surface area contributed by atoms with E-state index in [0.29, 0.717) is 48.0 Å². The second-order valence-corrected chi connectivity index (χ2v) is 8.79. The molecule has 0 atom stereocenters. The van der Waals surface area contributed by atoms with Crippen LogP contribution in [-0.4, -0.2) is 39.7 Å². The van der Waals surface area contributed by atoms with E-state index in [1.165, 1.54) is 16.7 Å². The van der Waals surface area contributed by atoms with E-state index in [1.54, 1.807) is 25.4 Å². The number of benzene rings is 1. The molecule has 0 spiro atoms. The van der Waals surface area contributed by atoms with Crippen LogP contribution in [0.4, 0.5) is 10.2 Å². The Morgan fingerprint density at radius 2 is 2.00 bits per heavy atom. The van der Waals surface area contributed by atoms with E-state index in [2.05, 4.69) is 20.6 Å². The summed E-state index contributed by atoms with van der Waals surface area (Å²) in [7, 11) is 1.63. The van der Waals surface area contributed by atoms with Crippen LogP contribution in [-0.2, 0) is 18.4 Å². The molecule has 3 aromatic rings. The monoisotopic (exact) mass is 467 g/mol. The maximum atomic E-state index is 14.5. The van der Waals surface area contributed by atoms with Crippen LogP contribution < -0.4 is 25.7 Å². The highest BCUT2D eigenvalue weighted by molar-refractivity contribution is 5.94. The van der Waals surface area contributed by atoms with E-state index in [1.807, 2.05) is 0 Å². The van der Waals surface area contributed by atoms with Gasteiger partial charge in [-0.15, -0.1) is 0 Å². The van der Waals surface area contributed by atoms with Crippen LogP contribution in [0.2, 0.25) is 0 Å². The van der Waals surface area contributed by atoms with Crippen molar-refractivity contribution >= 4 is 22.6 Å². The van der Waals surface area contributed by atoms with Crippen LogP contribution in [0.25, 0.3) is 10.9 Å². The van der Waals surface area contributed by atoms with Gasteiger partial charge < -0.3 is 24.7 Å². The molecule has 1 aromatic carbocycles. The van der Waals surface area contributed by atoms with Gasteiger partial charge in [0.1, 0.15) is 5.82 Å². The van der Waals surface area contributed by atoms with E-state index >= 15 is 0 Å². The van der Waals surface area contributed by atoms with Gasteiger partial charge in [0.2, 0.25) is 0 Å². The molecule has 3 heterocycles. The molecule has 1 saturated carbocycles. The Morgan fingerprint density at radius 3 is 2.82 bits per heavy atom. The van der Waals surface area contributed by atoms with E-state index in [-0.39, 0.29) is 23.8 Å². The number of hydrogen-bond acceptors (Lipinski definition) is 7. The number of aromatic nitrogens is 3.